The predicted molar refractivity (Wildman–Crippen MR) is 75.8 cm³/mol. The summed E-state index contributed by atoms with van der Waals surface area (Å²) >= 11 is 11.4. The third-order valence-corrected chi connectivity index (χ3v) is 4.71. The van der Waals surface area contributed by atoms with Gasteiger partial charge in [-0.1, -0.05) is 36.6 Å². The highest BCUT2D eigenvalue weighted by Gasteiger charge is 2.16. The standard InChI is InChI=1S/C12H17Cl2NO2S/c13-9-5-1-2-6-10-15-18(16,17)12-8-4-3-7-11(12)14/h3-4,7-8,15H,1-2,5-6,9-10H2. The van der Waals surface area contributed by atoms with E-state index in [1.807, 2.05) is 0 Å². The second-order valence-electron chi connectivity index (χ2n) is 3.93. The highest BCUT2D eigenvalue weighted by Crippen LogP contribution is 2.20. The average molecular weight is 310 g/mol. The van der Waals surface area contributed by atoms with Crippen molar-refractivity contribution < 1.29 is 8.42 Å². The van der Waals surface area contributed by atoms with E-state index in [0.717, 1.165) is 25.7 Å². The first-order valence-electron chi connectivity index (χ1n) is 5.88. The van der Waals surface area contributed by atoms with Gasteiger partial charge in [0.05, 0.1) is 5.02 Å². The fourth-order valence-electron chi connectivity index (χ4n) is 1.52. The summed E-state index contributed by atoms with van der Waals surface area (Å²) in [5, 5.41) is 0.243. The van der Waals surface area contributed by atoms with E-state index in [1.165, 1.54) is 6.07 Å². The van der Waals surface area contributed by atoms with Crippen molar-refractivity contribution in [2.45, 2.75) is 30.6 Å². The van der Waals surface area contributed by atoms with Gasteiger partial charge < -0.3 is 0 Å². The molecule has 0 radical (unpaired) electrons. The summed E-state index contributed by atoms with van der Waals surface area (Å²) in [5.41, 5.74) is 0. The molecule has 18 heavy (non-hydrogen) atoms. The quantitative estimate of drug-likeness (QED) is 0.591. The van der Waals surface area contributed by atoms with Gasteiger partial charge in [-0.3, -0.25) is 0 Å². The van der Waals surface area contributed by atoms with Crippen LogP contribution in [-0.4, -0.2) is 20.8 Å². The summed E-state index contributed by atoms with van der Waals surface area (Å²) in [6.45, 7) is 0.426. The van der Waals surface area contributed by atoms with E-state index >= 15 is 0 Å². The van der Waals surface area contributed by atoms with Gasteiger partial charge in [0, 0.05) is 12.4 Å². The summed E-state index contributed by atoms with van der Waals surface area (Å²) in [7, 11) is -3.49. The number of alkyl halides is 1. The Kier molecular flexibility index (Phi) is 7.00. The van der Waals surface area contributed by atoms with Gasteiger partial charge in [-0.25, -0.2) is 13.1 Å². The first kappa shape index (κ1) is 15.8. The minimum Gasteiger partial charge on any atom is -0.211 e. The van der Waals surface area contributed by atoms with Gasteiger partial charge in [-0.05, 0) is 25.0 Å². The topological polar surface area (TPSA) is 46.2 Å². The van der Waals surface area contributed by atoms with Gasteiger partial charge in [0.15, 0.2) is 0 Å². The number of hydrogen-bond acceptors (Lipinski definition) is 2. The molecule has 0 heterocycles. The van der Waals surface area contributed by atoms with E-state index in [9.17, 15) is 8.42 Å². The van der Waals surface area contributed by atoms with Gasteiger partial charge in [-0.2, -0.15) is 0 Å². The molecule has 0 bridgehead atoms. The Morgan fingerprint density at radius 1 is 1.06 bits per heavy atom. The Morgan fingerprint density at radius 3 is 2.39 bits per heavy atom. The lowest BCUT2D eigenvalue weighted by Crippen LogP contribution is -2.25. The summed E-state index contributed by atoms with van der Waals surface area (Å²) in [5.74, 6) is 0.658. The Hall–Kier alpha value is -0.290. The second-order valence-corrected chi connectivity index (χ2v) is 6.45. The lowest BCUT2D eigenvalue weighted by molar-refractivity contribution is 0.574. The Balaban J connectivity index is 2.44. The minimum absolute atomic E-state index is 0.132. The molecule has 0 unspecified atom stereocenters. The van der Waals surface area contributed by atoms with Crippen LogP contribution >= 0.6 is 23.2 Å². The van der Waals surface area contributed by atoms with Crippen molar-refractivity contribution in [2.75, 3.05) is 12.4 Å². The maximum atomic E-state index is 11.9. The lowest BCUT2D eigenvalue weighted by atomic mass is 10.2. The van der Waals surface area contributed by atoms with Crippen LogP contribution in [-0.2, 0) is 10.0 Å². The highest BCUT2D eigenvalue weighted by atomic mass is 35.5. The summed E-state index contributed by atoms with van der Waals surface area (Å²) in [4.78, 5) is 0.132. The van der Waals surface area contributed by atoms with Crippen LogP contribution < -0.4 is 4.72 Å². The van der Waals surface area contributed by atoms with Gasteiger partial charge in [-0.15, -0.1) is 11.6 Å². The van der Waals surface area contributed by atoms with Crippen molar-refractivity contribution in [1.82, 2.24) is 4.72 Å². The molecule has 0 saturated carbocycles. The van der Waals surface area contributed by atoms with Crippen molar-refractivity contribution in [3.8, 4) is 0 Å². The number of unbranched alkanes of at least 4 members (excludes halogenated alkanes) is 3. The molecule has 102 valence electrons. The molecular formula is C12H17Cl2NO2S. The zero-order chi connectivity index (χ0) is 13.4. The zero-order valence-corrected chi connectivity index (χ0v) is 12.4. The number of sulfonamides is 1. The van der Waals surface area contributed by atoms with E-state index in [0.29, 0.717) is 12.4 Å². The van der Waals surface area contributed by atoms with Gasteiger partial charge >= 0.3 is 0 Å². The van der Waals surface area contributed by atoms with E-state index in [4.69, 9.17) is 23.2 Å². The van der Waals surface area contributed by atoms with E-state index in [-0.39, 0.29) is 9.92 Å². The van der Waals surface area contributed by atoms with E-state index < -0.39 is 10.0 Å². The lowest BCUT2D eigenvalue weighted by Gasteiger charge is -2.07. The van der Waals surface area contributed by atoms with Crippen LogP contribution in [0.15, 0.2) is 29.2 Å². The molecule has 0 aliphatic heterocycles. The first-order valence-corrected chi connectivity index (χ1v) is 8.27. The third-order valence-electron chi connectivity index (χ3n) is 2.48. The number of halogens is 2. The smallest absolute Gasteiger partial charge is 0.211 e. The molecule has 1 rings (SSSR count). The van der Waals surface area contributed by atoms with Gasteiger partial charge in [0.2, 0.25) is 10.0 Å². The second kappa shape index (κ2) is 8.00. The molecule has 0 aliphatic rings. The van der Waals surface area contributed by atoms with Crippen LogP contribution in [0.25, 0.3) is 0 Å². The molecule has 6 heteroatoms. The Bertz CT molecular complexity index is 463. The highest BCUT2D eigenvalue weighted by molar-refractivity contribution is 7.89. The molecule has 0 atom stereocenters. The molecule has 0 aliphatic carbocycles. The van der Waals surface area contributed by atoms with Crippen LogP contribution in [0.3, 0.4) is 0 Å². The van der Waals surface area contributed by atoms with Gasteiger partial charge in [0.25, 0.3) is 0 Å². The number of nitrogens with one attached hydrogen (secondary N) is 1. The first-order chi connectivity index (χ1) is 8.58. The maximum Gasteiger partial charge on any atom is 0.242 e. The van der Waals surface area contributed by atoms with Crippen molar-refractivity contribution in [3.05, 3.63) is 29.3 Å². The van der Waals surface area contributed by atoms with E-state index in [2.05, 4.69) is 4.72 Å². The third kappa shape index (κ3) is 5.14. The molecule has 0 spiro atoms. The van der Waals surface area contributed by atoms with Crippen LogP contribution in [0.2, 0.25) is 5.02 Å². The average Bonchev–Trinajstić information content (AvgIpc) is 2.34. The van der Waals surface area contributed by atoms with Crippen molar-refractivity contribution >= 4 is 33.2 Å². The number of hydrogen-bond donors (Lipinski definition) is 1. The fraction of sp³-hybridized carbons (Fsp3) is 0.500. The monoisotopic (exact) mass is 309 g/mol. The number of rotatable bonds is 8. The Morgan fingerprint density at radius 2 is 1.72 bits per heavy atom. The van der Waals surface area contributed by atoms with Crippen LogP contribution in [0, 0.1) is 0 Å². The van der Waals surface area contributed by atoms with Crippen LogP contribution in [0.4, 0.5) is 0 Å². The van der Waals surface area contributed by atoms with Crippen molar-refractivity contribution in [1.29, 1.82) is 0 Å². The maximum absolute atomic E-state index is 11.9. The van der Waals surface area contributed by atoms with Crippen molar-refractivity contribution in [3.63, 3.8) is 0 Å². The van der Waals surface area contributed by atoms with Gasteiger partial charge in [0.1, 0.15) is 4.90 Å². The minimum atomic E-state index is -3.49. The number of benzene rings is 1. The largest absolute Gasteiger partial charge is 0.242 e. The fourth-order valence-corrected chi connectivity index (χ4v) is 3.30. The SMILES string of the molecule is O=S(=O)(NCCCCCCCl)c1ccccc1Cl. The molecule has 0 fully saturated rings. The molecule has 3 nitrogen and oxygen atoms in total. The molecule has 1 aromatic carbocycles. The molecule has 0 amide bonds. The Labute approximate surface area is 119 Å². The predicted octanol–water partition coefficient (Wildman–Crippen LogP) is 3.42. The van der Waals surface area contributed by atoms with Crippen LogP contribution in [0.5, 0.6) is 0 Å². The molecular weight excluding hydrogens is 293 g/mol. The summed E-state index contributed by atoms with van der Waals surface area (Å²) in [6.07, 6.45) is 3.77. The molecule has 0 aromatic heterocycles. The van der Waals surface area contributed by atoms with Crippen LogP contribution in [0.1, 0.15) is 25.7 Å². The molecule has 0 saturated heterocycles. The van der Waals surface area contributed by atoms with Crippen molar-refractivity contribution in [2.24, 2.45) is 0 Å². The summed E-state index contributed by atoms with van der Waals surface area (Å²) < 4.78 is 26.4. The zero-order valence-electron chi connectivity index (χ0n) is 10.0. The van der Waals surface area contributed by atoms with E-state index in [1.54, 1.807) is 18.2 Å². The normalized spacial score (nSPS) is 11.7. The molecule has 1 N–H and O–H groups in total. The summed E-state index contributed by atoms with van der Waals surface area (Å²) in [6, 6.07) is 6.42. The molecule has 1 aromatic rings.